The van der Waals surface area contributed by atoms with Crippen LogP contribution in [0, 0.1) is 5.92 Å². The summed E-state index contributed by atoms with van der Waals surface area (Å²) in [5, 5.41) is 3.81. The predicted octanol–water partition coefficient (Wildman–Crippen LogP) is 3.27. The summed E-state index contributed by atoms with van der Waals surface area (Å²) < 4.78 is 5.70. The summed E-state index contributed by atoms with van der Waals surface area (Å²) in [7, 11) is 0. The smallest absolute Gasteiger partial charge is 0.232 e. The minimum Gasteiger partial charge on any atom is -0.473 e. The number of halogens is 1. The molecule has 0 radical (unpaired) electrons. The van der Waals surface area contributed by atoms with Crippen LogP contribution in [0.25, 0.3) is 0 Å². The van der Waals surface area contributed by atoms with E-state index in [1.165, 1.54) is 0 Å². The van der Waals surface area contributed by atoms with Crippen molar-refractivity contribution >= 4 is 11.6 Å². The molecule has 0 fully saturated rings. The summed E-state index contributed by atoms with van der Waals surface area (Å²) in [6.45, 7) is 10.0. The van der Waals surface area contributed by atoms with Crippen LogP contribution in [0.2, 0.25) is 5.02 Å². The Morgan fingerprint density at radius 3 is 2.65 bits per heavy atom. The highest BCUT2D eigenvalue weighted by Gasteiger charge is 2.12. The van der Waals surface area contributed by atoms with E-state index >= 15 is 0 Å². The van der Waals surface area contributed by atoms with E-state index in [1.807, 2.05) is 13.0 Å². The molecule has 96 valence electrons. The normalized spacial score (nSPS) is 12.8. The zero-order valence-corrected chi connectivity index (χ0v) is 11.7. The number of rotatable bonds is 6. The van der Waals surface area contributed by atoms with Gasteiger partial charge in [-0.2, -0.15) is 0 Å². The van der Waals surface area contributed by atoms with Gasteiger partial charge in [-0.25, -0.2) is 4.98 Å². The van der Waals surface area contributed by atoms with Crippen LogP contribution in [-0.4, -0.2) is 17.6 Å². The molecule has 0 aliphatic carbocycles. The van der Waals surface area contributed by atoms with Gasteiger partial charge in [-0.3, -0.25) is 0 Å². The molecule has 1 rings (SSSR count). The molecular formula is C13H21ClN2O. The second kappa shape index (κ2) is 6.82. The fourth-order valence-corrected chi connectivity index (χ4v) is 1.46. The highest BCUT2D eigenvalue weighted by atomic mass is 35.5. The van der Waals surface area contributed by atoms with Crippen molar-refractivity contribution in [1.82, 2.24) is 10.3 Å². The molecule has 1 aromatic heterocycles. The molecule has 1 aromatic rings. The molecule has 3 nitrogen and oxygen atoms in total. The largest absolute Gasteiger partial charge is 0.473 e. The summed E-state index contributed by atoms with van der Waals surface area (Å²) in [5.74, 6) is 0.961. The van der Waals surface area contributed by atoms with Crippen LogP contribution in [0.3, 0.4) is 0 Å². The van der Waals surface area contributed by atoms with Crippen molar-refractivity contribution < 1.29 is 4.74 Å². The third-order valence-corrected chi connectivity index (χ3v) is 2.95. The molecular weight excluding hydrogens is 236 g/mol. The average molecular weight is 257 g/mol. The van der Waals surface area contributed by atoms with E-state index in [0.29, 0.717) is 16.8 Å². The molecule has 0 saturated carbocycles. The standard InChI is InChI=1S/C13H21ClN2O/c1-5-15-7-11-6-12(14)13(16-8-11)17-10(4)9(2)3/h6,8-10,15H,5,7H2,1-4H3. The molecule has 0 amide bonds. The van der Waals surface area contributed by atoms with E-state index in [4.69, 9.17) is 16.3 Å². The van der Waals surface area contributed by atoms with Crippen molar-refractivity contribution in [3.63, 3.8) is 0 Å². The zero-order chi connectivity index (χ0) is 12.8. The summed E-state index contributed by atoms with van der Waals surface area (Å²) in [6.07, 6.45) is 1.91. The first kappa shape index (κ1) is 14.3. The topological polar surface area (TPSA) is 34.2 Å². The molecule has 0 spiro atoms. The van der Waals surface area contributed by atoms with Gasteiger partial charge in [0.2, 0.25) is 5.88 Å². The summed E-state index contributed by atoms with van der Waals surface area (Å²) in [6, 6.07) is 1.90. The van der Waals surface area contributed by atoms with Crippen LogP contribution in [0.4, 0.5) is 0 Å². The molecule has 1 N–H and O–H groups in total. The fraction of sp³-hybridized carbons (Fsp3) is 0.615. The van der Waals surface area contributed by atoms with E-state index in [9.17, 15) is 0 Å². The SMILES string of the molecule is CCNCc1cnc(OC(C)C(C)C)c(Cl)c1. The molecule has 0 bridgehead atoms. The first-order chi connectivity index (χ1) is 8.04. The number of hydrogen-bond acceptors (Lipinski definition) is 3. The third-order valence-electron chi connectivity index (χ3n) is 2.68. The van der Waals surface area contributed by atoms with Gasteiger partial charge in [-0.05, 0) is 31.0 Å². The van der Waals surface area contributed by atoms with Crippen molar-refractivity contribution in [3.05, 3.63) is 22.8 Å². The molecule has 1 heterocycles. The lowest BCUT2D eigenvalue weighted by molar-refractivity contribution is 0.163. The van der Waals surface area contributed by atoms with Gasteiger partial charge in [0.15, 0.2) is 0 Å². The lowest BCUT2D eigenvalue weighted by Crippen LogP contribution is -2.19. The van der Waals surface area contributed by atoms with Crippen molar-refractivity contribution in [3.8, 4) is 5.88 Å². The van der Waals surface area contributed by atoms with Gasteiger partial charge in [0, 0.05) is 12.7 Å². The van der Waals surface area contributed by atoms with Crippen LogP contribution in [0.1, 0.15) is 33.3 Å². The number of ether oxygens (including phenoxy) is 1. The van der Waals surface area contributed by atoms with Gasteiger partial charge in [-0.15, -0.1) is 0 Å². The Balaban J connectivity index is 2.69. The van der Waals surface area contributed by atoms with Crippen molar-refractivity contribution in [2.75, 3.05) is 6.54 Å². The van der Waals surface area contributed by atoms with Gasteiger partial charge in [0.25, 0.3) is 0 Å². The Bertz CT molecular complexity index is 355. The van der Waals surface area contributed by atoms with Crippen LogP contribution >= 0.6 is 11.6 Å². The molecule has 4 heteroatoms. The lowest BCUT2D eigenvalue weighted by Gasteiger charge is -2.18. The Morgan fingerprint density at radius 1 is 1.41 bits per heavy atom. The maximum atomic E-state index is 6.14. The van der Waals surface area contributed by atoms with E-state index in [1.54, 1.807) is 6.20 Å². The average Bonchev–Trinajstić information content (AvgIpc) is 2.29. The maximum Gasteiger partial charge on any atom is 0.232 e. The second-order valence-electron chi connectivity index (χ2n) is 4.48. The van der Waals surface area contributed by atoms with Gasteiger partial charge in [0.05, 0.1) is 6.10 Å². The number of pyridine rings is 1. The Labute approximate surface area is 109 Å². The van der Waals surface area contributed by atoms with Crippen molar-refractivity contribution in [1.29, 1.82) is 0 Å². The van der Waals surface area contributed by atoms with Crippen LogP contribution < -0.4 is 10.1 Å². The second-order valence-corrected chi connectivity index (χ2v) is 4.89. The molecule has 0 saturated heterocycles. The Hall–Kier alpha value is -0.800. The number of nitrogens with one attached hydrogen (secondary N) is 1. The molecule has 0 aromatic carbocycles. The zero-order valence-electron chi connectivity index (χ0n) is 11.0. The minimum absolute atomic E-state index is 0.111. The first-order valence-corrected chi connectivity index (χ1v) is 6.44. The van der Waals surface area contributed by atoms with Gasteiger partial charge in [0.1, 0.15) is 5.02 Å². The van der Waals surface area contributed by atoms with E-state index < -0.39 is 0 Å². The Morgan fingerprint density at radius 2 is 2.12 bits per heavy atom. The van der Waals surface area contributed by atoms with Gasteiger partial charge in [-0.1, -0.05) is 32.4 Å². The molecule has 1 atom stereocenters. The summed E-state index contributed by atoms with van der Waals surface area (Å²) in [4.78, 5) is 4.26. The molecule has 1 unspecified atom stereocenters. The number of hydrogen-bond donors (Lipinski definition) is 1. The molecule has 17 heavy (non-hydrogen) atoms. The molecule has 0 aliphatic rings. The summed E-state index contributed by atoms with van der Waals surface area (Å²) >= 11 is 6.14. The minimum atomic E-state index is 0.111. The monoisotopic (exact) mass is 256 g/mol. The Kier molecular flexibility index (Phi) is 5.72. The van der Waals surface area contributed by atoms with E-state index in [0.717, 1.165) is 18.7 Å². The number of aromatic nitrogens is 1. The van der Waals surface area contributed by atoms with Crippen molar-refractivity contribution in [2.24, 2.45) is 5.92 Å². The third kappa shape index (κ3) is 4.52. The summed E-state index contributed by atoms with van der Waals surface area (Å²) in [5.41, 5.74) is 1.07. The van der Waals surface area contributed by atoms with Gasteiger partial charge < -0.3 is 10.1 Å². The highest BCUT2D eigenvalue weighted by Crippen LogP contribution is 2.24. The van der Waals surface area contributed by atoms with Crippen LogP contribution in [0.15, 0.2) is 12.3 Å². The molecule has 0 aliphatic heterocycles. The lowest BCUT2D eigenvalue weighted by atomic mass is 10.1. The first-order valence-electron chi connectivity index (χ1n) is 6.06. The van der Waals surface area contributed by atoms with Crippen molar-refractivity contribution in [2.45, 2.75) is 40.3 Å². The fourth-order valence-electron chi connectivity index (χ4n) is 1.23. The van der Waals surface area contributed by atoms with E-state index in [-0.39, 0.29) is 6.10 Å². The highest BCUT2D eigenvalue weighted by molar-refractivity contribution is 6.31. The van der Waals surface area contributed by atoms with Crippen LogP contribution in [0.5, 0.6) is 5.88 Å². The van der Waals surface area contributed by atoms with E-state index in [2.05, 4.69) is 31.1 Å². The maximum absolute atomic E-state index is 6.14. The van der Waals surface area contributed by atoms with Gasteiger partial charge >= 0.3 is 0 Å². The van der Waals surface area contributed by atoms with Crippen LogP contribution in [-0.2, 0) is 6.54 Å². The number of nitrogens with zero attached hydrogens (tertiary/aromatic N) is 1. The predicted molar refractivity (Wildman–Crippen MR) is 71.6 cm³/mol. The quantitative estimate of drug-likeness (QED) is 0.848.